The van der Waals surface area contributed by atoms with Crippen molar-refractivity contribution in [3.8, 4) is 11.1 Å². The van der Waals surface area contributed by atoms with Crippen LogP contribution in [0, 0.1) is 0 Å². The Balaban J connectivity index is 1.81. The van der Waals surface area contributed by atoms with Gasteiger partial charge in [-0.1, -0.05) is 35.9 Å². The molecule has 0 aliphatic carbocycles. The van der Waals surface area contributed by atoms with Crippen molar-refractivity contribution in [2.24, 2.45) is 0 Å². The quantitative estimate of drug-likeness (QED) is 0.522. The molecule has 0 atom stereocenters. The van der Waals surface area contributed by atoms with Crippen LogP contribution in [0.4, 0.5) is 4.79 Å². The van der Waals surface area contributed by atoms with Crippen molar-refractivity contribution in [3.05, 3.63) is 63.5 Å². The standard InChI is InChI=1S/C21H16ClNO6S/c1-2-29-18(24)11-23-19(25)17(30-21(23)28)9-12-3-5-13(6-4-12)15-10-14(20(26)27)7-8-16(15)22/h3-10H,2,11H2,1H3,(H,26,27)/b17-9-. The predicted molar refractivity (Wildman–Crippen MR) is 113 cm³/mol. The molecule has 154 valence electrons. The van der Waals surface area contributed by atoms with Gasteiger partial charge in [0.25, 0.3) is 11.1 Å². The van der Waals surface area contributed by atoms with E-state index in [0.717, 1.165) is 16.7 Å². The Labute approximate surface area is 181 Å². The van der Waals surface area contributed by atoms with E-state index >= 15 is 0 Å². The molecule has 1 fully saturated rings. The molecule has 3 rings (SSSR count). The molecule has 30 heavy (non-hydrogen) atoms. The highest BCUT2D eigenvalue weighted by molar-refractivity contribution is 8.18. The fraction of sp³-hybridized carbons (Fsp3) is 0.143. The first-order valence-corrected chi connectivity index (χ1v) is 10.0. The fourth-order valence-corrected chi connectivity index (χ4v) is 3.83. The normalized spacial score (nSPS) is 15.0. The lowest BCUT2D eigenvalue weighted by Gasteiger charge is -2.10. The summed E-state index contributed by atoms with van der Waals surface area (Å²) in [6.45, 7) is 1.38. The molecular formula is C21H16ClNO6S. The molecule has 9 heteroatoms. The van der Waals surface area contributed by atoms with Crippen LogP contribution in [-0.2, 0) is 14.3 Å². The molecule has 0 bridgehead atoms. The number of esters is 1. The Morgan fingerprint density at radius 3 is 2.50 bits per heavy atom. The van der Waals surface area contributed by atoms with Crippen LogP contribution < -0.4 is 0 Å². The molecule has 1 saturated heterocycles. The van der Waals surface area contributed by atoms with Crippen LogP contribution in [0.5, 0.6) is 0 Å². The third-order valence-corrected chi connectivity index (χ3v) is 5.44. The van der Waals surface area contributed by atoms with Crippen molar-refractivity contribution in [1.82, 2.24) is 4.90 Å². The number of aromatic carboxylic acids is 1. The summed E-state index contributed by atoms with van der Waals surface area (Å²) in [7, 11) is 0. The van der Waals surface area contributed by atoms with E-state index in [4.69, 9.17) is 21.4 Å². The van der Waals surface area contributed by atoms with E-state index in [1.165, 1.54) is 18.2 Å². The molecule has 1 heterocycles. The van der Waals surface area contributed by atoms with Crippen LogP contribution >= 0.6 is 23.4 Å². The molecule has 1 aliphatic rings. The smallest absolute Gasteiger partial charge is 0.335 e. The summed E-state index contributed by atoms with van der Waals surface area (Å²) in [6, 6.07) is 11.4. The number of carbonyl (C=O) groups excluding carboxylic acids is 3. The molecule has 0 unspecified atom stereocenters. The second-order valence-electron chi connectivity index (χ2n) is 6.19. The van der Waals surface area contributed by atoms with Crippen molar-refractivity contribution < 1.29 is 29.0 Å². The molecular weight excluding hydrogens is 430 g/mol. The highest BCUT2D eigenvalue weighted by Gasteiger charge is 2.36. The number of carbonyl (C=O) groups is 4. The second-order valence-corrected chi connectivity index (χ2v) is 7.60. The van der Waals surface area contributed by atoms with Gasteiger partial charge in [0.05, 0.1) is 17.1 Å². The minimum Gasteiger partial charge on any atom is -0.478 e. The highest BCUT2D eigenvalue weighted by atomic mass is 35.5. The monoisotopic (exact) mass is 445 g/mol. The van der Waals surface area contributed by atoms with Crippen molar-refractivity contribution in [3.63, 3.8) is 0 Å². The third-order valence-electron chi connectivity index (χ3n) is 4.20. The third kappa shape index (κ3) is 4.72. The lowest BCUT2D eigenvalue weighted by Crippen LogP contribution is -2.34. The van der Waals surface area contributed by atoms with E-state index in [9.17, 15) is 19.2 Å². The molecule has 7 nitrogen and oxygen atoms in total. The van der Waals surface area contributed by atoms with E-state index in [2.05, 4.69) is 0 Å². The second kappa shape index (κ2) is 9.15. The topological polar surface area (TPSA) is 101 Å². The molecule has 2 amide bonds. The zero-order chi connectivity index (χ0) is 21.8. The Bertz CT molecular complexity index is 1060. The van der Waals surface area contributed by atoms with Gasteiger partial charge < -0.3 is 9.84 Å². The lowest BCUT2D eigenvalue weighted by molar-refractivity contribution is -0.145. The maximum absolute atomic E-state index is 12.4. The first-order chi connectivity index (χ1) is 14.3. The summed E-state index contributed by atoms with van der Waals surface area (Å²) in [5.41, 5.74) is 2.05. The van der Waals surface area contributed by atoms with Crippen LogP contribution in [0.15, 0.2) is 47.4 Å². The van der Waals surface area contributed by atoms with E-state index < -0.39 is 29.6 Å². The van der Waals surface area contributed by atoms with E-state index in [-0.39, 0.29) is 17.1 Å². The van der Waals surface area contributed by atoms with E-state index in [0.29, 0.717) is 21.7 Å². The van der Waals surface area contributed by atoms with Gasteiger partial charge in [0.2, 0.25) is 0 Å². The van der Waals surface area contributed by atoms with Crippen LogP contribution in [0.3, 0.4) is 0 Å². The Morgan fingerprint density at radius 1 is 1.17 bits per heavy atom. The molecule has 2 aromatic rings. The average Bonchev–Trinajstić information content (AvgIpc) is 2.96. The van der Waals surface area contributed by atoms with Crippen molar-refractivity contribution in [1.29, 1.82) is 0 Å². The van der Waals surface area contributed by atoms with Crippen molar-refractivity contribution >= 4 is 52.5 Å². The Hall–Kier alpha value is -3.10. The SMILES string of the molecule is CCOC(=O)CN1C(=O)S/C(=C\c2ccc(-c3cc(C(=O)O)ccc3Cl)cc2)C1=O. The summed E-state index contributed by atoms with van der Waals surface area (Å²) in [5.74, 6) is -2.26. The maximum Gasteiger partial charge on any atom is 0.335 e. The van der Waals surface area contributed by atoms with Gasteiger partial charge in [0.1, 0.15) is 6.54 Å². The van der Waals surface area contributed by atoms with Gasteiger partial charge in [-0.25, -0.2) is 4.79 Å². The summed E-state index contributed by atoms with van der Waals surface area (Å²) < 4.78 is 4.78. The predicted octanol–water partition coefficient (Wildman–Crippen LogP) is 4.30. The van der Waals surface area contributed by atoms with Gasteiger partial charge in [0, 0.05) is 10.6 Å². The summed E-state index contributed by atoms with van der Waals surface area (Å²) in [4.78, 5) is 48.3. The highest BCUT2D eigenvalue weighted by Crippen LogP contribution is 2.33. The Morgan fingerprint density at radius 2 is 1.87 bits per heavy atom. The number of rotatable bonds is 6. The van der Waals surface area contributed by atoms with Crippen molar-refractivity contribution in [2.75, 3.05) is 13.2 Å². The number of thioether (sulfide) groups is 1. The largest absolute Gasteiger partial charge is 0.478 e. The number of nitrogens with zero attached hydrogens (tertiary/aromatic N) is 1. The number of carboxylic acids is 1. The van der Waals surface area contributed by atoms with Crippen LogP contribution in [0.25, 0.3) is 17.2 Å². The molecule has 0 saturated carbocycles. The number of carboxylic acid groups (broad SMARTS) is 1. The minimum atomic E-state index is -1.05. The molecule has 2 aromatic carbocycles. The van der Waals surface area contributed by atoms with Gasteiger partial charge >= 0.3 is 11.9 Å². The van der Waals surface area contributed by atoms with Gasteiger partial charge in [-0.2, -0.15) is 0 Å². The number of imide groups is 1. The lowest BCUT2D eigenvalue weighted by atomic mass is 10.0. The molecule has 1 aliphatic heterocycles. The zero-order valence-electron chi connectivity index (χ0n) is 15.8. The summed E-state index contributed by atoms with van der Waals surface area (Å²) in [6.07, 6.45) is 1.55. The van der Waals surface area contributed by atoms with Gasteiger partial charge in [-0.05, 0) is 54.1 Å². The Kier molecular flexibility index (Phi) is 6.59. The summed E-state index contributed by atoms with van der Waals surface area (Å²) >= 11 is 6.94. The number of benzene rings is 2. The molecule has 0 spiro atoms. The first-order valence-electron chi connectivity index (χ1n) is 8.84. The molecule has 0 radical (unpaired) electrons. The zero-order valence-corrected chi connectivity index (χ0v) is 17.3. The van der Waals surface area contributed by atoms with Crippen LogP contribution in [0.2, 0.25) is 5.02 Å². The van der Waals surface area contributed by atoms with Gasteiger partial charge in [0.15, 0.2) is 0 Å². The first kappa shape index (κ1) is 21.6. The van der Waals surface area contributed by atoms with Crippen LogP contribution in [-0.4, -0.2) is 46.2 Å². The summed E-state index contributed by atoms with van der Waals surface area (Å²) in [5, 5.41) is 9.03. The van der Waals surface area contributed by atoms with E-state index in [1.54, 1.807) is 37.3 Å². The average molecular weight is 446 g/mol. The molecule has 0 aromatic heterocycles. The maximum atomic E-state index is 12.4. The fourth-order valence-electron chi connectivity index (χ4n) is 2.76. The molecule has 1 N–H and O–H groups in total. The number of halogens is 1. The minimum absolute atomic E-state index is 0.119. The van der Waals surface area contributed by atoms with Crippen LogP contribution in [0.1, 0.15) is 22.8 Å². The van der Waals surface area contributed by atoms with Gasteiger partial charge in [-0.15, -0.1) is 0 Å². The number of hydrogen-bond donors (Lipinski definition) is 1. The van der Waals surface area contributed by atoms with Gasteiger partial charge in [-0.3, -0.25) is 19.3 Å². The number of amides is 2. The number of hydrogen-bond acceptors (Lipinski definition) is 6. The van der Waals surface area contributed by atoms with E-state index in [1.807, 2.05) is 0 Å². The number of ether oxygens (including phenoxy) is 1. The van der Waals surface area contributed by atoms with Crippen molar-refractivity contribution in [2.45, 2.75) is 6.92 Å².